The first-order valence-corrected chi connectivity index (χ1v) is 6.44. The van der Waals surface area contributed by atoms with Crippen molar-refractivity contribution in [3.63, 3.8) is 0 Å². The fraction of sp³-hybridized carbons (Fsp3) is 0.188. The van der Waals surface area contributed by atoms with Gasteiger partial charge in [-0.2, -0.15) is 0 Å². The van der Waals surface area contributed by atoms with Gasteiger partial charge in [-0.15, -0.1) is 0 Å². The highest BCUT2D eigenvalue weighted by atomic mass is 19.1. The van der Waals surface area contributed by atoms with Crippen LogP contribution in [0.4, 0.5) is 15.8 Å². The van der Waals surface area contributed by atoms with Crippen molar-refractivity contribution in [2.75, 3.05) is 10.6 Å². The van der Waals surface area contributed by atoms with Gasteiger partial charge in [-0.25, -0.2) is 4.39 Å². The molecule has 2 rings (SSSR count). The van der Waals surface area contributed by atoms with Crippen molar-refractivity contribution in [1.29, 1.82) is 0 Å². The van der Waals surface area contributed by atoms with Crippen molar-refractivity contribution in [1.82, 2.24) is 0 Å². The molecule has 1 unspecified atom stereocenters. The minimum Gasteiger partial charge on any atom is -0.374 e. The standard InChI is InChI=1S/C16H17FN2O/c1-11-3-7-15(8-4-11)19-16(20)12(2)18-14-9-5-13(17)6-10-14/h3-10,12,18H,1-2H3,(H,19,20). The molecule has 0 saturated carbocycles. The van der Waals surface area contributed by atoms with Crippen molar-refractivity contribution in [3.05, 3.63) is 59.9 Å². The van der Waals surface area contributed by atoms with E-state index >= 15 is 0 Å². The zero-order valence-electron chi connectivity index (χ0n) is 11.5. The van der Waals surface area contributed by atoms with Crippen molar-refractivity contribution in [2.24, 2.45) is 0 Å². The molecule has 0 spiro atoms. The Morgan fingerprint density at radius 3 is 2.15 bits per heavy atom. The topological polar surface area (TPSA) is 41.1 Å². The van der Waals surface area contributed by atoms with E-state index in [-0.39, 0.29) is 11.7 Å². The number of carbonyl (C=O) groups is 1. The lowest BCUT2D eigenvalue weighted by Gasteiger charge is -2.15. The van der Waals surface area contributed by atoms with E-state index in [9.17, 15) is 9.18 Å². The Hall–Kier alpha value is -2.36. The molecule has 0 aliphatic heterocycles. The van der Waals surface area contributed by atoms with Crippen LogP contribution in [0.25, 0.3) is 0 Å². The maximum absolute atomic E-state index is 12.8. The van der Waals surface area contributed by atoms with E-state index in [2.05, 4.69) is 10.6 Å². The highest BCUT2D eigenvalue weighted by molar-refractivity contribution is 5.96. The molecular formula is C16H17FN2O. The molecule has 4 heteroatoms. The summed E-state index contributed by atoms with van der Waals surface area (Å²) in [5, 5.41) is 5.85. The number of carbonyl (C=O) groups excluding carboxylic acids is 1. The summed E-state index contributed by atoms with van der Waals surface area (Å²) in [4.78, 5) is 12.0. The molecule has 0 fully saturated rings. The zero-order valence-corrected chi connectivity index (χ0v) is 11.5. The third-order valence-electron chi connectivity index (χ3n) is 2.94. The first-order chi connectivity index (χ1) is 9.54. The minimum absolute atomic E-state index is 0.141. The molecule has 0 saturated heterocycles. The summed E-state index contributed by atoms with van der Waals surface area (Å²) < 4.78 is 12.8. The second kappa shape index (κ2) is 6.19. The number of amides is 1. The summed E-state index contributed by atoms with van der Waals surface area (Å²) >= 11 is 0. The van der Waals surface area contributed by atoms with Crippen LogP contribution in [0, 0.1) is 12.7 Å². The molecule has 0 aliphatic carbocycles. The fourth-order valence-electron chi connectivity index (χ4n) is 1.75. The number of halogens is 1. The van der Waals surface area contributed by atoms with Gasteiger partial charge in [0.15, 0.2) is 0 Å². The van der Waals surface area contributed by atoms with Crippen molar-refractivity contribution >= 4 is 17.3 Å². The zero-order chi connectivity index (χ0) is 14.5. The monoisotopic (exact) mass is 272 g/mol. The third kappa shape index (κ3) is 3.82. The van der Waals surface area contributed by atoms with Crippen LogP contribution >= 0.6 is 0 Å². The van der Waals surface area contributed by atoms with E-state index in [1.54, 1.807) is 19.1 Å². The predicted octanol–water partition coefficient (Wildman–Crippen LogP) is 3.57. The van der Waals surface area contributed by atoms with Gasteiger partial charge in [0, 0.05) is 11.4 Å². The van der Waals surface area contributed by atoms with Crippen LogP contribution in [0.3, 0.4) is 0 Å². The summed E-state index contributed by atoms with van der Waals surface area (Å²) in [5.41, 5.74) is 2.60. The largest absolute Gasteiger partial charge is 0.374 e. The molecule has 0 radical (unpaired) electrons. The van der Waals surface area contributed by atoms with Crippen LogP contribution in [0.5, 0.6) is 0 Å². The summed E-state index contributed by atoms with van der Waals surface area (Å²) in [6, 6.07) is 13.1. The van der Waals surface area contributed by atoms with Gasteiger partial charge in [-0.3, -0.25) is 4.79 Å². The molecule has 0 heterocycles. The lowest BCUT2D eigenvalue weighted by atomic mass is 10.2. The lowest BCUT2D eigenvalue weighted by molar-refractivity contribution is -0.116. The Labute approximate surface area is 117 Å². The Balaban J connectivity index is 1.94. The SMILES string of the molecule is Cc1ccc(NC(=O)C(C)Nc2ccc(F)cc2)cc1. The molecule has 2 aromatic carbocycles. The summed E-state index contributed by atoms with van der Waals surface area (Å²) in [6.45, 7) is 3.75. The van der Waals surface area contributed by atoms with Crippen LogP contribution in [0.15, 0.2) is 48.5 Å². The Morgan fingerprint density at radius 1 is 1.00 bits per heavy atom. The van der Waals surface area contributed by atoms with E-state index in [0.29, 0.717) is 5.69 Å². The van der Waals surface area contributed by atoms with E-state index in [0.717, 1.165) is 11.3 Å². The predicted molar refractivity (Wildman–Crippen MR) is 79.3 cm³/mol. The average molecular weight is 272 g/mol. The average Bonchev–Trinajstić information content (AvgIpc) is 2.44. The number of nitrogens with one attached hydrogen (secondary N) is 2. The van der Waals surface area contributed by atoms with Crippen molar-refractivity contribution in [3.8, 4) is 0 Å². The molecule has 0 bridgehead atoms. The summed E-state index contributed by atoms with van der Waals surface area (Å²) in [6.07, 6.45) is 0. The first kappa shape index (κ1) is 14.1. The van der Waals surface area contributed by atoms with E-state index in [4.69, 9.17) is 0 Å². The molecular weight excluding hydrogens is 255 g/mol. The molecule has 2 N–H and O–H groups in total. The number of hydrogen-bond acceptors (Lipinski definition) is 2. The van der Waals surface area contributed by atoms with Crippen molar-refractivity contribution < 1.29 is 9.18 Å². The minimum atomic E-state index is -0.415. The van der Waals surface area contributed by atoms with E-state index in [1.165, 1.54) is 12.1 Å². The van der Waals surface area contributed by atoms with Gasteiger partial charge in [0.05, 0.1) is 0 Å². The number of hydrogen-bond donors (Lipinski definition) is 2. The second-order valence-corrected chi connectivity index (χ2v) is 4.73. The van der Waals surface area contributed by atoms with Gasteiger partial charge < -0.3 is 10.6 Å². The third-order valence-corrected chi connectivity index (χ3v) is 2.94. The smallest absolute Gasteiger partial charge is 0.246 e. The van der Waals surface area contributed by atoms with Gasteiger partial charge in [-0.1, -0.05) is 17.7 Å². The quantitative estimate of drug-likeness (QED) is 0.893. The molecule has 3 nitrogen and oxygen atoms in total. The maximum Gasteiger partial charge on any atom is 0.246 e. The van der Waals surface area contributed by atoms with Crippen LogP contribution in [0.1, 0.15) is 12.5 Å². The van der Waals surface area contributed by atoms with E-state index in [1.807, 2.05) is 31.2 Å². The number of aryl methyl sites for hydroxylation is 1. The highest BCUT2D eigenvalue weighted by Crippen LogP contribution is 2.12. The van der Waals surface area contributed by atoms with Gasteiger partial charge >= 0.3 is 0 Å². The van der Waals surface area contributed by atoms with Crippen LogP contribution in [0.2, 0.25) is 0 Å². The first-order valence-electron chi connectivity index (χ1n) is 6.44. The van der Waals surface area contributed by atoms with Gasteiger partial charge in [-0.05, 0) is 50.2 Å². The lowest BCUT2D eigenvalue weighted by Crippen LogP contribution is -2.31. The molecule has 0 aromatic heterocycles. The molecule has 1 atom stereocenters. The summed E-state index contributed by atoms with van der Waals surface area (Å²) in [5.74, 6) is -0.439. The molecule has 0 aliphatic rings. The summed E-state index contributed by atoms with van der Waals surface area (Å²) in [7, 11) is 0. The molecule has 1 amide bonds. The maximum atomic E-state index is 12.8. The molecule has 20 heavy (non-hydrogen) atoms. The molecule has 2 aromatic rings. The second-order valence-electron chi connectivity index (χ2n) is 4.73. The molecule has 104 valence electrons. The fourth-order valence-corrected chi connectivity index (χ4v) is 1.75. The van der Waals surface area contributed by atoms with Crippen molar-refractivity contribution in [2.45, 2.75) is 19.9 Å². The Morgan fingerprint density at radius 2 is 1.55 bits per heavy atom. The highest BCUT2D eigenvalue weighted by Gasteiger charge is 2.12. The Kier molecular flexibility index (Phi) is 4.35. The number of rotatable bonds is 4. The normalized spacial score (nSPS) is 11.8. The van der Waals surface area contributed by atoms with Gasteiger partial charge in [0.1, 0.15) is 11.9 Å². The van der Waals surface area contributed by atoms with E-state index < -0.39 is 6.04 Å². The Bertz CT molecular complexity index is 578. The number of anilines is 2. The van der Waals surface area contributed by atoms with Gasteiger partial charge in [0.25, 0.3) is 0 Å². The van der Waals surface area contributed by atoms with Crippen LogP contribution < -0.4 is 10.6 Å². The number of benzene rings is 2. The van der Waals surface area contributed by atoms with Crippen LogP contribution in [-0.4, -0.2) is 11.9 Å². The van der Waals surface area contributed by atoms with Gasteiger partial charge in [0.2, 0.25) is 5.91 Å². The van der Waals surface area contributed by atoms with Crippen LogP contribution in [-0.2, 0) is 4.79 Å².